The Bertz CT molecular complexity index is 480. The second-order valence-corrected chi connectivity index (χ2v) is 5.45. The van der Waals surface area contributed by atoms with Crippen LogP contribution in [0.2, 0.25) is 0 Å². The number of carbonyl (C=O) groups is 1. The van der Waals surface area contributed by atoms with Gasteiger partial charge in [0.05, 0.1) is 11.4 Å². The van der Waals surface area contributed by atoms with Crippen LogP contribution < -0.4 is 10.5 Å². The maximum Gasteiger partial charge on any atom is 0.241 e. The Kier molecular flexibility index (Phi) is 4.65. The fourth-order valence-corrected chi connectivity index (χ4v) is 2.37. The van der Waals surface area contributed by atoms with E-state index in [0.717, 1.165) is 18.4 Å². The third-order valence-electron chi connectivity index (χ3n) is 2.21. The van der Waals surface area contributed by atoms with Crippen molar-refractivity contribution in [2.45, 2.75) is 24.7 Å². The second-order valence-electron chi connectivity index (χ2n) is 3.68. The van der Waals surface area contributed by atoms with Crippen LogP contribution in [0.3, 0.4) is 0 Å². The average Bonchev–Trinajstić information content (AvgIpc) is 2.28. The first-order valence-electron chi connectivity index (χ1n) is 5.32. The maximum absolute atomic E-state index is 11.7. The Labute approximate surface area is 101 Å². The lowest BCUT2D eigenvalue weighted by atomic mass is 10.1. The zero-order valence-corrected chi connectivity index (χ0v) is 10.5. The van der Waals surface area contributed by atoms with Gasteiger partial charge < -0.3 is 5.73 Å². The summed E-state index contributed by atoms with van der Waals surface area (Å²) in [5.74, 6) is -0.712. The summed E-state index contributed by atoms with van der Waals surface area (Å²) in [5.41, 5.74) is 5.96. The lowest BCUT2D eigenvalue weighted by Gasteiger charge is -2.05. The molecule has 17 heavy (non-hydrogen) atoms. The van der Waals surface area contributed by atoms with Gasteiger partial charge in [-0.2, -0.15) is 0 Å². The van der Waals surface area contributed by atoms with Crippen molar-refractivity contribution in [2.75, 3.05) is 6.54 Å². The average molecular weight is 256 g/mol. The van der Waals surface area contributed by atoms with E-state index in [1.54, 1.807) is 12.1 Å². The number of amides is 1. The quantitative estimate of drug-likeness (QED) is 0.772. The summed E-state index contributed by atoms with van der Waals surface area (Å²) in [6.45, 7) is 1.66. The van der Waals surface area contributed by atoms with Gasteiger partial charge in [0.25, 0.3) is 0 Å². The molecular weight excluding hydrogens is 240 g/mol. The maximum atomic E-state index is 11.7. The number of nitrogens with one attached hydrogen (secondary N) is 1. The van der Waals surface area contributed by atoms with Gasteiger partial charge in [0.1, 0.15) is 0 Å². The van der Waals surface area contributed by atoms with Crippen LogP contribution in [-0.2, 0) is 21.2 Å². The van der Waals surface area contributed by atoms with E-state index in [4.69, 9.17) is 5.73 Å². The van der Waals surface area contributed by atoms with Crippen LogP contribution in [0, 0.1) is 0 Å². The monoisotopic (exact) mass is 256 g/mol. The van der Waals surface area contributed by atoms with E-state index in [0.29, 0.717) is 0 Å². The zero-order chi connectivity index (χ0) is 12.9. The third kappa shape index (κ3) is 4.16. The number of sulfonamides is 1. The van der Waals surface area contributed by atoms with Gasteiger partial charge >= 0.3 is 0 Å². The van der Waals surface area contributed by atoms with Crippen LogP contribution in [0.5, 0.6) is 0 Å². The van der Waals surface area contributed by atoms with Gasteiger partial charge in [0, 0.05) is 0 Å². The van der Waals surface area contributed by atoms with Gasteiger partial charge in [-0.25, -0.2) is 13.1 Å². The summed E-state index contributed by atoms with van der Waals surface area (Å²) in [6, 6.07) is 6.58. The molecule has 94 valence electrons. The summed E-state index contributed by atoms with van der Waals surface area (Å²) in [5, 5.41) is 0. The number of primary amides is 1. The van der Waals surface area contributed by atoms with Gasteiger partial charge in [-0.3, -0.25) is 4.79 Å². The van der Waals surface area contributed by atoms with Crippen LogP contribution in [0.4, 0.5) is 0 Å². The summed E-state index contributed by atoms with van der Waals surface area (Å²) < 4.78 is 25.5. The Morgan fingerprint density at radius 3 is 2.35 bits per heavy atom. The first-order chi connectivity index (χ1) is 7.95. The molecule has 3 N–H and O–H groups in total. The summed E-state index contributed by atoms with van der Waals surface area (Å²) in [6.07, 6.45) is 1.92. The molecule has 0 aromatic heterocycles. The molecule has 0 radical (unpaired) electrons. The van der Waals surface area contributed by atoms with Gasteiger partial charge in [0.15, 0.2) is 0 Å². The van der Waals surface area contributed by atoms with Crippen molar-refractivity contribution in [3.05, 3.63) is 29.8 Å². The molecule has 0 bridgehead atoms. The predicted molar refractivity (Wildman–Crippen MR) is 64.8 cm³/mol. The first-order valence-corrected chi connectivity index (χ1v) is 6.81. The number of rotatable bonds is 6. The molecule has 1 aromatic carbocycles. The standard InChI is InChI=1S/C11H16N2O3S/c1-2-3-9-4-6-10(7-5-9)17(15,16)13-8-11(12)14/h4-7,13H,2-3,8H2,1H3,(H2,12,14). The van der Waals surface area contributed by atoms with Crippen molar-refractivity contribution < 1.29 is 13.2 Å². The number of aryl methyl sites for hydroxylation is 1. The largest absolute Gasteiger partial charge is 0.369 e. The highest BCUT2D eigenvalue weighted by molar-refractivity contribution is 7.89. The molecule has 0 aliphatic rings. The molecule has 0 aliphatic carbocycles. The van der Waals surface area contributed by atoms with Crippen molar-refractivity contribution in [2.24, 2.45) is 5.73 Å². The number of carbonyl (C=O) groups excluding carboxylic acids is 1. The molecular formula is C11H16N2O3S. The molecule has 1 amide bonds. The highest BCUT2D eigenvalue weighted by Gasteiger charge is 2.13. The van der Waals surface area contributed by atoms with Crippen LogP contribution in [0.15, 0.2) is 29.2 Å². The van der Waals surface area contributed by atoms with Crippen molar-refractivity contribution in [1.29, 1.82) is 0 Å². The molecule has 6 heteroatoms. The Hall–Kier alpha value is -1.40. The lowest BCUT2D eigenvalue weighted by Crippen LogP contribution is -2.33. The zero-order valence-electron chi connectivity index (χ0n) is 9.64. The lowest BCUT2D eigenvalue weighted by molar-refractivity contribution is -0.116. The molecule has 0 aliphatic heterocycles. The topological polar surface area (TPSA) is 89.3 Å². The van der Waals surface area contributed by atoms with Gasteiger partial charge in [-0.15, -0.1) is 0 Å². The van der Waals surface area contributed by atoms with Crippen molar-refractivity contribution >= 4 is 15.9 Å². The third-order valence-corrected chi connectivity index (χ3v) is 3.63. The number of hydrogen-bond acceptors (Lipinski definition) is 3. The minimum Gasteiger partial charge on any atom is -0.369 e. The normalized spacial score (nSPS) is 11.4. The summed E-state index contributed by atoms with van der Waals surface area (Å²) in [7, 11) is -3.64. The molecule has 0 heterocycles. The molecule has 0 spiro atoms. The molecule has 1 aromatic rings. The molecule has 0 unspecified atom stereocenters. The Balaban J connectivity index is 2.81. The van der Waals surface area contributed by atoms with Gasteiger partial charge in [-0.05, 0) is 24.1 Å². The fourth-order valence-electron chi connectivity index (χ4n) is 1.37. The van der Waals surface area contributed by atoms with Crippen LogP contribution in [0.25, 0.3) is 0 Å². The Morgan fingerprint density at radius 2 is 1.88 bits per heavy atom. The van der Waals surface area contributed by atoms with E-state index in [-0.39, 0.29) is 11.4 Å². The van der Waals surface area contributed by atoms with Crippen LogP contribution in [-0.4, -0.2) is 20.9 Å². The first kappa shape index (κ1) is 13.7. The van der Waals surface area contributed by atoms with Crippen molar-refractivity contribution in [1.82, 2.24) is 4.72 Å². The van der Waals surface area contributed by atoms with E-state index >= 15 is 0 Å². The molecule has 0 atom stereocenters. The number of hydrogen-bond donors (Lipinski definition) is 2. The fraction of sp³-hybridized carbons (Fsp3) is 0.364. The summed E-state index contributed by atoms with van der Waals surface area (Å²) in [4.78, 5) is 10.6. The van der Waals surface area contributed by atoms with E-state index in [9.17, 15) is 13.2 Å². The van der Waals surface area contributed by atoms with Crippen LogP contribution >= 0.6 is 0 Å². The van der Waals surface area contributed by atoms with E-state index < -0.39 is 15.9 Å². The number of nitrogens with two attached hydrogens (primary N) is 1. The second kappa shape index (κ2) is 5.79. The molecule has 0 saturated heterocycles. The van der Waals surface area contributed by atoms with E-state index in [1.807, 2.05) is 0 Å². The van der Waals surface area contributed by atoms with Gasteiger partial charge in [0.2, 0.25) is 15.9 Å². The predicted octanol–water partition coefficient (Wildman–Crippen LogP) is 0.403. The molecule has 0 fully saturated rings. The smallest absolute Gasteiger partial charge is 0.241 e. The number of benzene rings is 1. The van der Waals surface area contributed by atoms with E-state index in [2.05, 4.69) is 11.6 Å². The SMILES string of the molecule is CCCc1ccc(S(=O)(=O)NCC(N)=O)cc1. The molecule has 0 saturated carbocycles. The molecule has 5 nitrogen and oxygen atoms in total. The summed E-state index contributed by atoms with van der Waals surface area (Å²) >= 11 is 0. The minimum atomic E-state index is -3.64. The van der Waals surface area contributed by atoms with Gasteiger partial charge in [-0.1, -0.05) is 25.5 Å². The Morgan fingerprint density at radius 1 is 1.29 bits per heavy atom. The van der Waals surface area contributed by atoms with Crippen molar-refractivity contribution in [3.63, 3.8) is 0 Å². The van der Waals surface area contributed by atoms with Crippen molar-refractivity contribution in [3.8, 4) is 0 Å². The highest BCUT2D eigenvalue weighted by Crippen LogP contribution is 2.11. The van der Waals surface area contributed by atoms with Crippen LogP contribution in [0.1, 0.15) is 18.9 Å². The minimum absolute atomic E-state index is 0.138. The molecule has 1 rings (SSSR count). The van der Waals surface area contributed by atoms with E-state index in [1.165, 1.54) is 12.1 Å². The highest BCUT2D eigenvalue weighted by atomic mass is 32.2.